The Morgan fingerprint density at radius 1 is 1.21 bits per heavy atom. The fourth-order valence-electron chi connectivity index (χ4n) is 1.21. The van der Waals surface area contributed by atoms with Crippen LogP contribution in [0.5, 0.6) is 0 Å². The molecule has 0 N–H and O–H groups in total. The third kappa shape index (κ3) is 2.02. The van der Waals surface area contributed by atoms with Crippen LogP contribution in [0.3, 0.4) is 0 Å². The van der Waals surface area contributed by atoms with E-state index in [0.717, 1.165) is 16.0 Å². The van der Waals surface area contributed by atoms with Crippen molar-refractivity contribution in [3.8, 4) is 0 Å². The number of benzene rings is 1. The van der Waals surface area contributed by atoms with Gasteiger partial charge in [0.2, 0.25) is 0 Å². The summed E-state index contributed by atoms with van der Waals surface area (Å²) in [5, 5.41) is 1.67. The Balaban J connectivity index is 0.000000461. The molecule has 1 aliphatic heterocycles. The van der Waals surface area contributed by atoms with Crippen molar-refractivity contribution >= 4 is 16.4 Å². The Morgan fingerprint density at radius 3 is 2.50 bits per heavy atom. The Morgan fingerprint density at radius 2 is 1.86 bits per heavy atom. The zero-order chi connectivity index (χ0) is 10.6. The summed E-state index contributed by atoms with van der Waals surface area (Å²) < 4.78 is 11.4. The molecule has 2 heteroatoms. The van der Waals surface area contributed by atoms with Gasteiger partial charge in [0.25, 0.3) is 0 Å². The minimum absolute atomic E-state index is 0.866. The molecule has 0 bridgehead atoms. The van der Waals surface area contributed by atoms with Crippen molar-refractivity contribution in [2.24, 2.45) is 0 Å². The van der Waals surface area contributed by atoms with Crippen molar-refractivity contribution < 1.29 is 4.21 Å². The van der Waals surface area contributed by atoms with E-state index in [0.29, 0.717) is 0 Å². The van der Waals surface area contributed by atoms with E-state index in [4.69, 9.17) is 0 Å². The van der Waals surface area contributed by atoms with Crippen LogP contribution in [0.4, 0.5) is 0 Å². The molecule has 1 aliphatic rings. The van der Waals surface area contributed by atoms with E-state index in [1.54, 1.807) is 11.5 Å². The monoisotopic (exact) mass is 206 g/mol. The van der Waals surface area contributed by atoms with E-state index < -0.39 is 10.8 Å². The van der Waals surface area contributed by atoms with Crippen molar-refractivity contribution in [1.29, 1.82) is 0 Å². The Bertz CT molecular complexity index is 354. The van der Waals surface area contributed by atoms with Crippen LogP contribution < -0.4 is 0 Å². The number of rotatable bonds is 0. The van der Waals surface area contributed by atoms with E-state index in [1.165, 1.54) is 0 Å². The van der Waals surface area contributed by atoms with Gasteiger partial charge in [-0.25, -0.2) is 4.21 Å². The molecule has 0 radical (unpaired) electrons. The third-order valence-electron chi connectivity index (χ3n) is 1.84. The smallest absolute Gasteiger partial charge is 0.0782 e. The van der Waals surface area contributed by atoms with E-state index >= 15 is 0 Å². The first-order valence-electron chi connectivity index (χ1n) is 4.66. The van der Waals surface area contributed by atoms with Crippen molar-refractivity contribution in [3.63, 3.8) is 0 Å². The summed E-state index contributed by atoms with van der Waals surface area (Å²) in [4.78, 5) is 0.866. The van der Waals surface area contributed by atoms with E-state index in [-0.39, 0.29) is 0 Å². The molecular weight excluding hydrogens is 192 g/mol. The molecule has 1 nitrogen and oxygen atoms in total. The number of allylic oxidation sites excluding steroid dienone is 2. The normalized spacial score (nSPS) is 18.1. The predicted octanol–water partition coefficient (Wildman–Crippen LogP) is 3.36. The first-order valence-corrected chi connectivity index (χ1v) is 5.87. The zero-order valence-corrected chi connectivity index (χ0v) is 9.30. The molecule has 74 valence electrons. The third-order valence-corrected chi connectivity index (χ3v) is 3.02. The first-order chi connectivity index (χ1) is 6.79. The summed E-state index contributed by atoms with van der Waals surface area (Å²) in [6.45, 7) is 7.87. The molecule has 14 heavy (non-hydrogen) atoms. The highest BCUT2D eigenvalue weighted by atomic mass is 32.2. The first kappa shape index (κ1) is 10.9. The fourth-order valence-corrected chi connectivity index (χ4v) is 2.28. The lowest BCUT2D eigenvalue weighted by Gasteiger charge is -2.10. The maximum atomic E-state index is 11.4. The van der Waals surface area contributed by atoms with Crippen molar-refractivity contribution in [2.75, 3.05) is 0 Å². The van der Waals surface area contributed by atoms with E-state index in [9.17, 15) is 4.21 Å². The largest absolute Gasteiger partial charge is 0.250 e. The summed E-state index contributed by atoms with van der Waals surface area (Å²) in [5.74, 6) is 0. The van der Waals surface area contributed by atoms with Gasteiger partial charge in [-0.2, -0.15) is 0 Å². The van der Waals surface area contributed by atoms with E-state index in [2.05, 4.69) is 6.58 Å². The van der Waals surface area contributed by atoms with Crippen LogP contribution in [0, 0.1) is 0 Å². The summed E-state index contributed by atoms with van der Waals surface area (Å²) in [6.07, 6.45) is 1.80. The Hall–Kier alpha value is -1.15. The van der Waals surface area contributed by atoms with Crippen LogP contribution >= 0.6 is 0 Å². The van der Waals surface area contributed by atoms with Crippen LogP contribution in [-0.2, 0) is 10.8 Å². The van der Waals surface area contributed by atoms with Crippen LogP contribution in [0.25, 0.3) is 5.57 Å². The lowest BCUT2D eigenvalue weighted by Crippen LogP contribution is -1.97. The lowest BCUT2D eigenvalue weighted by molar-refractivity contribution is 0.688. The second-order valence-corrected chi connectivity index (χ2v) is 3.93. The van der Waals surface area contributed by atoms with Crippen LogP contribution in [0.2, 0.25) is 0 Å². The molecule has 0 spiro atoms. The van der Waals surface area contributed by atoms with Crippen LogP contribution in [0.15, 0.2) is 47.2 Å². The summed E-state index contributed by atoms with van der Waals surface area (Å²) in [6, 6.07) is 7.64. The lowest BCUT2D eigenvalue weighted by atomic mass is 10.1. The van der Waals surface area contributed by atoms with Gasteiger partial charge < -0.3 is 0 Å². The molecule has 1 unspecified atom stereocenters. The molecule has 0 aliphatic carbocycles. The number of hydrogen-bond acceptors (Lipinski definition) is 1. The fraction of sp³-hybridized carbons (Fsp3) is 0.167. The Kier molecular flexibility index (Phi) is 3.84. The summed E-state index contributed by atoms with van der Waals surface area (Å²) >= 11 is 0. The molecular formula is C12H14OS. The quantitative estimate of drug-likeness (QED) is 0.636. The highest BCUT2D eigenvalue weighted by Crippen LogP contribution is 2.26. The number of fused-ring (bicyclic) bond motifs is 1. The molecule has 2 rings (SSSR count). The molecule has 0 fully saturated rings. The molecule has 0 aromatic heterocycles. The standard InChI is InChI=1S/C10H8OS.C2H6/c1-8-6-7-12(11)10-5-3-2-4-9(8)10;1-2/h2-7H,1H2;1-2H3. The van der Waals surface area contributed by atoms with Gasteiger partial charge in [-0.15, -0.1) is 0 Å². The van der Waals surface area contributed by atoms with Gasteiger partial charge in [-0.1, -0.05) is 38.6 Å². The van der Waals surface area contributed by atoms with Crippen molar-refractivity contribution in [1.82, 2.24) is 0 Å². The maximum absolute atomic E-state index is 11.4. The molecule has 0 saturated heterocycles. The van der Waals surface area contributed by atoms with Gasteiger partial charge in [0, 0.05) is 5.41 Å². The average Bonchev–Trinajstić information content (AvgIpc) is 2.27. The molecule has 1 aromatic rings. The van der Waals surface area contributed by atoms with Crippen LogP contribution in [-0.4, -0.2) is 4.21 Å². The topological polar surface area (TPSA) is 17.1 Å². The SMILES string of the molecule is C=C1C=CS(=O)c2ccccc21.CC. The highest BCUT2D eigenvalue weighted by molar-refractivity contribution is 7.88. The van der Waals surface area contributed by atoms with Gasteiger partial charge in [-0.3, -0.25) is 0 Å². The van der Waals surface area contributed by atoms with Crippen molar-refractivity contribution in [3.05, 3.63) is 47.9 Å². The summed E-state index contributed by atoms with van der Waals surface area (Å²) in [5.41, 5.74) is 1.93. The van der Waals surface area contributed by atoms with Gasteiger partial charge in [0.1, 0.15) is 0 Å². The molecule has 0 amide bonds. The minimum atomic E-state index is -0.977. The second-order valence-electron chi connectivity index (χ2n) is 2.62. The van der Waals surface area contributed by atoms with E-state index in [1.807, 2.05) is 38.1 Å². The van der Waals surface area contributed by atoms with Crippen molar-refractivity contribution in [2.45, 2.75) is 18.7 Å². The Labute approximate surface area is 87.6 Å². The van der Waals surface area contributed by atoms with Gasteiger partial charge >= 0.3 is 0 Å². The molecule has 1 aromatic carbocycles. The zero-order valence-electron chi connectivity index (χ0n) is 8.49. The molecule has 1 heterocycles. The molecule has 1 atom stereocenters. The van der Waals surface area contributed by atoms with Crippen LogP contribution in [0.1, 0.15) is 19.4 Å². The predicted molar refractivity (Wildman–Crippen MR) is 62.4 cm³/mol. The summed E-state index contributed by atoms with van der Waals surface area (Å²) in [7, 11) is -0.977. The highest BCUT2D eigenvalue weighted by Gasteiger charge is 2.11. The average molecular weight is 206 g/mol. The van der Waals surface area contributed by atoms with Gasteiger partial charge in [-0.05, 0) is 23.3 Å². The van der Waals surface area contributed by atoms with Gasteiger partial charge in [0.05, 0.1) is 15.7 Å². The minimum Gasteiger partial charge on any atom is -0.250 e. The second kappa shape index (κ2) is 4.91. The number of hydrogen-bond donors (Lipinski definition) is 0. The maximum Gasteiger partial charge on any atom is 0.0782 e. The molecule has 0 saturated carbocycles. The van der Waals surface area contributed by atoms with Gasteiger partial charge in [0.15, 0.2) is 0 Å².